The molecule has 0 aliphatic carbocycles. The van der Waals surface area contributed by atoms with Gasteiger partial charge in [0.2, 0.25) is 0 Å². The highest BCUT2D eigenvalue weighted by atomic mass is 16.5. The van der Waals surface area contributed by atoms with Gasteiger partial charge in [0.15, 0.2) is 0 Å². The van der Waals surface area contributed by atoms with E-state index < -0.39 is 0 Å². The van der Waals surface area contributed by atoms with Crippen molar-refractivity contribution in [3.63, 3.8) is 0 Å². The van der Waals surface area contributed by atoms with E-state index in [-0.39, 0.29) is 5.97 Å². The molecule has 0 aromatic carbocycles. The van der Waals surface area contributed by atoms with E-state index in [4.69, 9.17) is 4.74 Å². The van der Waals surface area contributed by atoms with Crippen LogP contribution in [0.5, 0.6) is 0 Å². The van der Waals surface area contributed by atoms with Gasteiger partial charge in [0.25, 0.3) is 0 Å². The van der Waals surface area contributed by atoms with Crippen LogP contribution >= 0.6 is 0 Å². The summed E-state index contributed by atoms with van der Waals surface area (Å²) in [7, 11) is 0. The Hall–Kier alpha value is -1.05. The predicted octanol–water partition coefficient (Wildman–Crippen LogP) is 6.07. The van der Waals surface area contributed by atoms with E-state index in [0.717, 1.165) is 17.9 Å². The van der Waals surface area contributed by atoms with Crippen molar-refractivity contribution in [2.75, 3.05) is 6.61 Å². The molecule has 1 atom stereocenters. The summed E-state index contributed by atoms with van der Waals surface area (Å²) in [6.45, 7) is 13.3. The smallest absolute Gasteiger partial charge is 0.330 e. The minimum atomic E-state index is -0.248. The maximum atomic E-state index is 11.4. The topological polar surface area (TPSA) is 26.3 Å². The highest BCUT2D eigenvalue weighted by molar-refractivity contribution is 5.83. The minimum Gasteiger partial charge on any atom is -0.463 e. The van der Waals surface area contributed by atoms with Crippen molar-refractivity contribution in [2.45, 2.75) is 80.1 Å². The van der Waals surface area contributed by atoms with Gasteiger partial charge >= 0.3 is 5.97 Å². The molecule has 0 aromatic heterocycles. The molecule has 1 unspecified atom stereocenters. The van der Waals surface area contributed by atoms with Crippen LogP contribution in [0.2, 0.25) is 0 Å². The summed E-state index contributed by atoms with van der Waals surface area (Å²) < 4.78 is 4.93. The van der Waals surface area contributed by atoms with Crippen molar-refractivity contribution in [3.05, 3.63) is 23.3 Å². The Balaban J connectivity index is 4.20. The highest BCUT2D eigenvalue weighted by Crippen LogP contribution is 2.22. The van der Waals surface area contributed by atoms with Crippen LogP contribution < -0.4 is 0 Å². The Morgan fingerprint density at radius 1 is 1.05 bits per heavy atom. The molecule has 0 aromatic rings. The first kappa shape index (κ1) is 20.9. The largest absolute Gasteiger partial charge is 0.463 e. The number of rotatable bonds is 11. The third-order valence-corrected chi connectivity index (χ3v) is 4.24. The van der Waals surface area contributed by atoms with E-state index in [0.29, 0.717) is 12.5 Å². The second kappa shape index (κ2) is 12.5. The summed E-state index contributed by atoms with van der Waals surface area (Å²) in [6, 6.07) is 0. The van der Waals surface area contributed by atoms with Crippen molar-refractivity contribution >= 4 is 5.97 Å². The van der Waals surface area contributed by atoms with E-state index >= 15 is 0 Å². The summed E-state index contributed by atoms with van der Waals surface area (Å²) in [5.74, 6) is 1.36. The first-order valence-electron chi connectivity index (χ1n) is 8.95. The molecule has 0 radical (unpaired) electrons. The van der Waals surface area contributed by atoms with Crippen LogP contribution in [0.15, 0.2) is 23.3 Å². The van der Waals surface area contributed by atoms with Crippen molar-refractivity contribution < 1.29 is 9.53 Å². The number of allylic oxidation sites excluding steroid dienone is 3. The number of hydrogen-bond acceptors (Lipinski definition) is 2. The molecular formula is C20H36O2. The molecule has 0 N–H and O–H groups in total. The Kier molecular flexibility index (Phi) is 11.9. The molecule has 0 bridgehead atoms. The molecule has 128 valence electrons. The first-order valence-corrected chi connectivity index (χ1v) is 8.95. The van der Waals surface area contributed by atoms with E-state index in [1.807, 2.05) is 13.8 Å². The molecule has 0 saturated carbocycles. The van der Waals surface area contributed by atoms with Gasteiger partial charge in [-0.15, -0.1) is 0 Å². The molecule has 22 heavy (non-hydrogen) atoms. The monoisotopic (exact) mass is 308 g/mol. The summed E-state index contributed by atoms with van der Waals surface area (Å²) in [5.41, 5.74) is 2.31. The summed E-state index contributed by atoms with van der Waals surface area (Å²) in [4.78, 5) is 11.4. The van der Waals surface area contributed by atoms with Gasteiger partial charge in [0.05, 0.1) is 6.61 Å². The van der Waals surface area contributed by atoms with Gasteiger partial charge in [-0.25, -0.2) is 4.79 Å². The van der Waals surface area contributed by atoms with Crippen molar-refractivity contribution in [1.82, 2.24) is 0 Å². The molecular weight excluding hydrogens is 272 g/mol. The van der Waals surface area contributed by atoms with Gasteiger partial charge in [-0.1, -0.05) is 64.5 Å². The van der Waals surface area contributed by atoms with Crippen LogP contribution in [0.1, 0.15) is 80.1 Å². The van der Waals surface area contributed by atoms with Gasteiger partial charge in [0, 0.05) is 6.08 Å². The molecule has 0 aliphatic rings. The normalized spacial score (nSPS) is 14.3. The lowest BCUT2D eigenvalue weighted by molar-refractivity contribution is -0.137. The fourth-order valence-corrected chi connectivity index (χ4v) is 2.96. The van der Waals surface area contributed by atoms with E-state index in [1.165, 1.54) is 37.7 Å². The number of carbonyl (C=O) groups is 1. The lowest BCUT2D eigenvalue weighted by atomic mass is 9.91. The minimum absolute atomic E-state index is 0.248. The van der Waals surface area contributed by atoms with Crippen LogP contribution in [-0.4, -0.2) is 12.6 Å². The van der Waals surface area contributed by atoms with Crippen LogP contribution in [-0.2, 0) is 9.53 Å². The molecule has 0 aliphatic heterocycles. The standard InChI is InChI=1S/C20H36O2/c1-7-19(8-2)12-10-11-16(4)13-17(5)14-18(6)15-20(21)22-9-3/h14-16,19H,7-13H2,1-6H3/b17-14+,18-15+. The lowest BCUT2D eigenvalue weighted by Gasteiger charge is -2.15. The van der Waals surface area contributed by atoms with Crippen molar-refractivity contribution in [3.8, 4) is 0 Å². The molecule has 0 spiro atoms. The fourth-order valence-electron chi connectivity index (χ4n) is 2.96. The highest BCUT2D eigenvalue weighted by Gasteiger charge is 2.07. The third kappa shape index (κ3) is 10.6. The maximum absolute atomic E-state index is 11.4. The Labute approximate surface area is 138 Å². The zero-order valence-corrected chi connectivity index (χ0v) is 15.6. The third-order valence-electron chi connectivity index (χ3n) is 4.24. The zero-order valence-electron chi connectivity index (χ0n) is 15.6. The second-order valence-electron chi connectivity index (χ2n) is 6.55. The number of esters is 1. The Bertz CT molecular complexity index is 362. The van der Waals surface area contributed by atoms with E-state index in [9.17, 15) is 4.79 Å². The van der Waals surface area contributed by atoms with Crippen LogP contribution in [0.4, 0.5) is 0 Å². The number of ether oxygens (including phenoxy) is 1. The van der Waals surface area contributed by atoms with Crippen LogP contribution in [0.25, 0.3) is 0 Å². The molecule has 0 heterocycles. The first-order chi connectivity index (χ1) is 10.4. The summed E-state index contributed by atoms with van der Waals surface area (Å²) in [6.07, 6.45) is 11.4. The molecule has 2 nitrogen and oxygen atoms in total. The van der Waals surface area contributed by atoms with E-state index in [2.05, 4.69) is 33.8 Å². The molecule has 0 saturated heterocycles. The molecule has 0 fully saturated rings. The molecule has 0 amide bonds. The van der Waals surface area contributed by atoms with Gasteiger partial charge < -0.3 is 4.74 Å². The van der Waals surface area contributed by atoms with Gasteiger partial charge in [-0.3, -0.25) is 0 Å². The number of hydrogen-bond donors (Lipinski definition) is 0. The van der Waals surface area contributed by atoms with Gasteiger partial charge in [-0.2, -0.15) is 0 Å². The van der Waals surface area contributed by atoms with Crippen molar-refractivity contribution in [1.29, 1.82) is 0 Å². The predicted molar refractivity (Wildman–Crippen MR) is 95.9 cm³/mol. The van der Waals surface area contributed by atoms with Crippen LogP contribution in [0.3, 0.4) is 0 Å². The summed E-state index contributed by atoms with van der Waals surface area (Å²) >= 11 is 0. The van der Waals surface area contributed by atoms with Gasteiger partial charge in [0.1, 0.15) is 0 Å². The van der Waals surface area contributed by atoms with Gasteiger partial charge in [-0.05, 0) is 44.6 Å². The zero-order chi connectivity index (χ0) is 17.0. The summed E-state index contributed by atoms with van der Waals surface area (Å²) in [5, 5.41) is 0. The average Bonchev–Trinajstić information content (AvgIpc) is 2.43. The Morgan fingerprint density at radius 2 is 1.68 bits per heavy atom. The quantitative estimate of drug-likeness (QED) is 0.263. The van der Waals surface area contributed by atoms with E-state index in [1.54, 1.807) is 6.08 Å². The number of carbonyl (C=O) groups excluding carboxylic acids is 1. The van der Waals surface area contributed by atoms with Crippen molar-refractivity contribution in [2.24, 2.45) is 11.8 Å². The SMILES string of the molecule is CCOC(=O)/C=C(C)/C=C(\C)CC(C)CCCC(CC)CC. The molecule has 0 rings (SSSR count). The maximum Gasteiger partial charge on any atom is 0.330 e. The molecule has 2 heteroatoms. The Morgan fingerprint density at radius 3 is 2.23 bits per heavy atom. The fraction of sp³-hybridized carbons (Fsp3) is 0.750. The van der Waals surface area contributed by atoms with Crippen LogP contribution in [0, 0.1) is 11.8 Å². The second-order valence-corrected chi connectivity index (χ2v) is 6.55. The average molecular weight is 309 g/mol. The lowest BCUT2D eigenvalue weighted by Crippen LogP contribution is -2.01.